The predicted molar refractivity (Wildman–Crippen MR) is 503 cm³/mol. The lowest BCUT2D eigenvalue weighted by Gasteiger charge is -2.22. The van der Waals surface area contributed by atoms with Gasteiger partial charge >= 0.3 is 0 Å². The molecule has 582 valence electrons. The minimum Gasteiger partial charge on any atom is -0.456 e. The van der Waals surface area contributed by atoms with Crippen LogP contribution in [-0.2, 0) is 25.7 Å². The van der Waals surface area contributed by atoms with Gasteiger partial charge in [0.1, 0.15) is 67.0 Å². The summed E-state index contributed by atoms with van der Waals surface area (Å²) in [5.41, 5.74) is 39.6. The second-order valence-corrected chi connectivity index (χ2v) is 35.4. The van der Waals surface area contributed by atoms with E-state index < -0.39 is 0 Å². The molecule has 0 aliphatic carbocycles. The van der Waals surface area contributed by atoms with Crippen LogP contribution >= 0.6 is 0 Å². The summed E-state index contributed by atoms with van der Waals surface area (Å²) in [6.07, 6.45) is 4.35. The summed E-state index contributed by atoms with van der Waals surface area (Å²) in [4.78, 5) is 0. The number of hydrogen-bond donors (Lipinski definition) is 0. The van der Waals surface area contributed by atoms with E-state index in [0.717, 1.165) is 191 Å². The molecule has 6 aliphatic heterocycles. The summed E-state index contributed by atoms with van der Waals surface area (Å²) < 4.78 is 40.3. The van der Waals surface area contributed by atoms with Gasteiger partial charge in [0, 0.05) is 76.8 Å². The van der Waals surface area contributed by atoms with Gasteiger partial charge < -0.3 is 26.5 Å². The number of rotatable bonds is 14. The van der Waals surface area contributed by atoms with Crippen LogP contribution in [0.15, 0.2) is 318 Å². The van der Waals surface area contributed by atoms with Crippen molar-refractivity contribution in [3.63, 3.8) is 0 Å². The van der Waals surface area contributed by atoms with E-state index in [1.54, 1.807) is 0 Å². The Morgan fingerprint density at radius 3 is 0.742 bits per heavy atom. The standard InChI is InChI=1S/2C40H34O2.C34H22O2/c1-23(2)21-25-5-9-27(10-6-25)31-17-13-29-15-20-34-37-35(29)39(31)41-33-19-16-30-14-18-32(40(42-34)36(30)38(33)37)28-11-7-26(8-12-28)22-24(3)4;1-23(2)17-25-5-9-27(10-6-25)31-19-29-13-15-34-39-37(29)35(21-31)41-33-16-14-30-20-32(22-36(42-34)38(30)40(33)39)28-11-7-26(8-12-28)18-24(3)4;1-19-7-3-5-9-25(19)23-15-21-11-13-28-33-31(21)29(17-23)35-27-14-12-22-16-24(26-10-6-4-8-20(26)2)18-30(36-28)32(22)34(27)33/h5-20,23-24H,21-22H2,1-4H3;5-16,19-24H,17-18H2,1-4H3;3-18H,1-2H3. The van der Waals surface area contributed by atoms with Crippen LogP contribution in [0.3, 0.4) is 0 Å². The fourth-order valence-electron chi connectivity index (χ4n) is 19.7. The average molecular weight is 1560 g/mol. The average Bonchev–Trinajstić information content (AvgIpc) is 0.705. The molecule has 18 aromatic rings. The van der Waals surface area contributed by atoms with Crippen molar-refractivity contribution < 1.29 is 26.5 Å². The Hall–Kier alpha value is -13.7. The van der Waals surface area contributed by atoms with Crippen molar-refractivity contribution in [1.29, 1.82) is 0 Å². The number of aryl methyl sites for hydroxylation is 2. The van der Waals surface area contributed by atoms with Crippen LogP contribution < -0.4 is 0 Å². The summed E-state index contributed by atoms with van der Waals surface area (Å²) in [7, 11) is 0. The molecule has 0 spiro atoms. The molecule has 0 radical (unpaired) electrons. The Labute approximate surface area is 696 Å². The molecule has 0 fully saturated rings. The molecule has 0 N–H and O–H groups in total. The molecule has 0 saturated heterocycles. The molecule has 0 amide bonds. The van der Waals surface area contributed by atoms with Crippen molar-refractivity contribution in [3.8, 4) is 100 Å². The molecule has 24 rings (SSSR count). The van der Waals surface area contributed by atoms with Crippen LogP contribution in [0.1, 0.15) is 88.8 Å². The van der Waals surface area contributed by atoms with Crippen molar-refractivity contribution in [2.75, 3.05) is 0 Å². The first-order chi connectivity index (χ1) is 58.5. The predicted octanol–water partition coefficient (Wildman–Crippen LogP) is 33.5. The van der Waals surface area contributed by atoms with Crippen molar-refractivity contribution in [1.82, 2.24) is 0 Å². The molecule has 18 aromatic carbocycles. The minimum atomic E-state index is 0.633. The third-order valence-electron chi connectivity index (χ3n) is 25.0. The Morgan fingerprint density at radius 2 is 0.442 bits per heavy atom. The molecule has 6 heterocycles. The maximum Gasteiger partial charge on any atom is 0.143 e. The molecule has 0 unspecified atom stereocenters. The summed E-state index contributed by atoms with van der Waals surface area (Å²) in [5, 5.41) is 13.7. The molecule has 0 atom stereocenters. The fraction of sp³-hybridized carbons (Fsp3) is 0.158. The van der Waals surface area contributed by atoms with Gasteiger partial charge in [-0.15, -0.1) is 0 Å². The van der Waals surface area contributed by atoms with Gasteiger partial charge in [0.25, 0.3) is 0 Å². The number of hydrogen-bond acceptors (Lipinski definition) is 6. The Bertz CT molecular complexity index is 7420. The van der Waals surface area contributed by atoms with Crippen molar-refractivity contribution in [3.05, 3.63) is 325 Å². The molecular weight excluding hydrogens is 1470 g/mol. The zero-order chi connectivity index (χ0) is 81.0. The van der Waals surface area contributed by atoms with Gasteiger partial charge in [0.05, 0.1) is 0 Å². The van der Waals surface area contributed by atoms with Crippen LogP contribution in [0.25, 0.3) is 232 Å². The number of benzene rings is 18. The van der Waals surface area contributed by atoms with Gasteiger partial charge in [0.15, 0.2) is 0 Å². The molecular formula is C114H90O6. The van der Waals surface area contributed by atoms with Crippen molar-refractivity contribution >= 4 is 132 Å². The van der Waals surface area contributed by atoms with E-state index in [1.165, 1.54) is 99.8 Å². The summed E-state index contributed by atoms with van der Waals surface area (Å²) in [5.74, 6) is 2.56. The second-order valence-electron chi connectivity index (χ2n) is 35.4. The molecule has 0 aromatic heterocycles. The van der Waals surface area contributed by atoms with E-state index in [0.29, 0.717) is 23.7 Å². The Balaban J connectivity index is 0.000000108. The van der Waals surface area contributed by atoms with Crippen LogP contribution in [0.5, 0.6) is 0 Å². The van der Waals surface area contributed by atoms with Crippen LogP contribution in [0.4, 0.5) is 0 Å². The van der Waals surface area contributed by atoms with E-state index >= 15 is 0 Å². The minimum absolute atomic E-state index is 0.633. The first-order valence-electron chi connectivity index (χ1n) is 42.7. The summed E-state index contributed by atoms with van der Waals surface area (Å²) in [6.45, 7) is 22.4. The van der Waals surface area contributed by atoms with E-state index in [2.05, 4.69) is 360 Å². The lowest BCUT2D eigenvalue weighted by molar-refractivity contribution is 0.646. The van der Waals surface area contributed by atoms with E-state index in [9.17, 15) is 0 Å². The Kier molecular flexibility index (Phi) is 17.3. The summed E-state index contributed by atoms with van der Waals surface area (Å²) >= 11 is 0. The topological polar surface area (TPSA) is 78.8 Å². The lowest BCUT2D eigenvalue weighted by atomic mass is 9.87. The van der Waals surface area contributed by atoms with Gasteiger partial charge in [-0.25, -0.2) is 0 Å². The van der Waals surface area contributed by atoms with Crippen molar-refractivity contribution in [2.45, 2.75) is 94.9 Å². The molecule has 0 saturated carbocycles. The fourth-order valence-corrected chi connectivity index (χ4v) is 19.7. The highest BCUT2D eigenvalue weighted by Gasteiger charge is 2.31. The lowest BCUT2D eigenvalue weighted by Crippen LogP contribution is -1.97. The maximum atomic E-state index is 6.86. The van der Waals surface area contributed by atoms with Gasteiger partial charge in [0.2, 0.25) is 0 Å². The summed E-state index contributed by atoms with van der Waals surface area (Å²) in [6, 6.07) is 105. The maximum absolute atomic E-state index is 6.86. The SMILES string of the molecule is CC(C)Cc1ccc(-c2cc3ccc4oc5cc(-c6ccc(CC(C)C)cc6)cc6ccc7oc(c2)c3c4-c7c65)cc1.CC(C)Cc1ccc(-c2ccc3ccc4oc5c(-c6ccc(CC(C)C)cc6)ccc6ccc7oc2c3c4-c7c65)cc1.Cc1ccccc1-c1cc2ccc3oc4cc(-c5ccccc5C)cc5ccc6oc(c1)c2c3-c6c54. The van der Waals surface area contributed by atoms with Gasteiger partial charge in [-0.05, 0) is 282 Å². The monoisotopic (exact) mass is 1550 g/mol. The molecule has 6 aliphatic rings. The second kappa shape index (κ2) is 28.6. The highest BCUT2D eigenvalue weighted by molar-refractivity contribution is 6.28. The Morgan fingerprint density at radius 1 is 0.192 bits per heavy atom. The first kappa shape index (κ1) is 72.8. The van der Waals surface area contributed by atoms with E-state index in [-0.39, 0.29) is 0 Å². The van der Waals surface area contributed by atoms with E-state index in [4.69, 9.17) is 26.5 Å². The molecule has 6 heteroatoms. The normalized spacial score (nSPS) is 12.3. The third-order valence-corrected chi connectivity index (χ3v) is 25.0. The van der Waals surface area contributed by atoms with Gasteiger partial charge in [-0.3, -0.25) is 0 Å². The van der Waals surface area contributed by atoms with Crippen LogP contribution in [0, 0.1) is 37.5 Å². The first-order valence-corrected chi connectivity index (χ1v) is 42.7. The van der Waals surface area contributed by atoms with Gasteiger partial charge in [-0.1, -0.05) is 250 Å². The van der Waals surface area contributed by atoms with Crippen LogP contribution in [-0.4, -0.2) is 0 Å². The molecule has 6 nitrogen and oxygen atoms in total. The van der Waals surface area contributed by atoms with Gasteiger partial charge in [-0.2, -0.15) is 0 Å². The zero-order valence-electron chi connectivity index (χ0n) is 69.3. The highest BCUT2D eigenvalue weighted by atomic mass is 16.4. The van der Waals surface area contributed by atoms with Crippen LogP contribution in [0.2, 0.25) is 0 Å². The zero-order valence-corrected chi connectivity index (χ0v) is 69.3. The quantitative estimate of drug-likeness (QED) is 0.0797. The molecule has 120 heavy (non-hydrogen) atoms. The largest absolute Gasteiger partial charge is 0.456 e. The van der Waals surface area contributed by atoms with E-state index in [1.807, 2.05) is 0 Å². The third kappa shape index (κ3) is 12.3. The smallest absolute Gasteiger partial charge is 0.143 e. The van der Waals surface area contributed by atoms with Crippen molar-refractivity contribution in [2.24, 2.45) is 23.7 Å². The highest BCUT2D eigenvalue weighted by Crippen LogP contribution is 2.55. The molecule has 0 bridgehead atoms.